The zero-order valence-corrected chi connectivity index (χ0v) is 20.2. The van der Waals surface area contributed by atoms with Crippen LogP contribution in [0.4, 0.5) is 21.9 Å². The topological polar surface area (TPSA) is 115 Å². The summed E-state index contributed by atoms with van der Waals surface area (Å²) in [5.41, 5.74) is 4.08. The fraction of sp³-hybridized carbons (Fsp3) is 0.240. The predicted molar refractivity (Wildman–Crippen MR) is 137 cm³/mol. The Morgan fingerprint density at radius 2 is 1.97 bits per heavy atom. The summed E-state index contributed by atoms with van der Waals surface area (Å²) in [6, 6.07) is 13.0. The summed E-state index contributed by atoms with van der Waals surface area (Å²) in [4.78, 5) is 32.8. The van der Waals surface area contributed by atoms with Crippen molar-refractivity contribution in [1.29, 1.82) is 0 Å². The first-order valence-electron chi connectivity index (χ1n) is 11.3. The van der Waals surface area contributed by atoms with Crippen molar-refractivity contribution in [3.63, 3.8) is 0 Å². The van der Waals surface area contributed by atoms with Crippen LogP contribution in [0.5, 0.6) is 0 Å². The Balaban J connectivity index is 1.65. The molecule has 2 heterocycles. The van der Waals surface area contributed by atoms with Crippen molar-refractivity contribution in [3.8, 4) is 0 Å². The lowest BCUT2D eigenvalue weighted by atomic mass is 10.2. The van der Waals surface area contributed by atoms with Gasteiger partial charge in [0.05, 0.1) is 23.4 Å². The van der Waals surface area contributed by atoms with Gasteiger partial charge in [-0.05, 0) is 37.1 Å². The van der Waals surface area contributed by atoms with Crippen LogP contribution in [0.2, 0.25) is 5.02 Å². The first-order valence-corrected chi connectivity index (χ1v) is 11.6. The van der Waals surface area contributed by atoms with Gasteiger partial charge in [-0.25, -0.2) is 14.8 Å². The molecule has 4 rings (SSSR count). The lowest BCUT2D eigenvalue weighted by molar-refractivity contribution is -0.384. The predicted octanol–water partition coefficient (Wildman–Crippen LogP) is 6.34. The number of nitro groups is 1. The highest BCUT2D eigenvalue weighted by Crippen LogP contribution is 2.26. The zero-order chi connectivity index (χ0) is 24.9. The molecule has 0 unspecified atom stereocenters. The number of pyridine rings is 1. The Morgan fingerprint density at radius 3 is 2.71 bits per heavy atom. The van der Waals surface area contributed by atoms with Crippen LogP contribution in [0.1, 0.15) is 36.7 Å². The minimum absolute atomic E-state index is 0.0448. The molecule has 0 atom stereocenters. The van der Waals surface area contributed by atoms with Gasteiger partial charge in [0.1, 0.15) is 11.3 Å². The van der Waals surface area contributed by atoms with E-state index in [0.29, 0.717) is 34.1 Å². The second-order valence-corrected chi connectivity index (χ2v) is 8.64. The number of imidazole rings is 1. The number of hydrogen-bond donors (Lipinski definition) is 2. The molecule has 0 bridgehead atoms. The van der Waals surface area contributed by atoms with Gasteiger partial charge >= 0.3 is 6.03 Å². The van der Waals surface area contributed by atoms with Gasteiger partial charge < -0.3 is 15.2 Å². The average molecular weight is 493 g/mol. The fourth-order valence-electron chi connectivity index (χ4n) is 3.84. The molecule has 0 aliphatic carbocycles. The Bertz CT molecular complexity index is 1400. The van der Waals surface area contributed by atoms with Crippen LogP contribution >= 0.6 is 11.6 Å². The minimum Gasteiger partial charge on any atom is -0.308 e. The standard InChI is InChI=1S/C25H25ClN6O3/c1-3-4-11-22-30-23-16(2)21(29-25(33)28-19-9-6-8-18(26)13-19)14-27-24(23)31(22)15-17-7-5-10-20(12-17)32(34)35/h5-10,12-14H,3-4,11,15H2,1-2H3,(H2,28,29,33). The smallest absolute Gasteiger partial charge is 0.308 e. The number of nitro benzene ring substituents is 1. The van der Waals surface area contributed by atoms with Gasteiger partial charge in [-0.3, -0.25) is 10.1 Å². The van der Waals surface area contributed by atoms with Gasteiger partial charge in [0, 0.05) is 34.8 Å². The SMILES string of the molecule is CCCCc1nc2c(C)c(NC(=O)Nc3cccc(Cl)c3)cnc2n1Cc1cccc([N+](=O)[O-])c1. The number of nitrogens with one attached hydrogen (secondary N) is 2. The summed E-state index contributed by atoms with van der Waals surface area (Å²) in [5, 5.41) is 17.3. The highest BCUT2D eigenvalue weighted by atomic mass is 35.5. The molecule has 0 spiro atoms. The number of aryl methyl sites for hydroxylation is 2. The Hall–Kier alpha value is -3.98. The summed E-state index contributed by atoms with van der Waals surface area (Å²) >= 11 is 5.99. The zero-order valence-electron chi connectivity index (χ0n) is 19.4. The number of unbranched alkanes of at least 4 members (excludes halogenated alkanes) is 1. The largest absolute Gasteiger partial charge is 0.323 e. The number of non-ortho nitro benzene ring substituents is 1. The quantitative estimate of drug-likeness (QED) is 0.220. The minimum atomic E-state index is -0.418. The number of carbonyl (C=O) groups is 1. The van der Waals surface area contributed by atoms with Crippen molar-refractivity contribution in [2.45, 2.75) is 39.7 Å². The van der Waals surface area contributed by atoms with Gasteiger partial charge in [0.2, 0.25) is 0 Å². The van der Waals surface area contributed by atoms with E-state index in [1.54, 1.807) is 42.6 Å². The molecule has 0 aliphatic rings. The number of nitrogens with zero attached hydrogens (tertiary/aromatic N) is 4. The molecule has 35 heavy (non-hydrogen) atoms. The average Bonchev–Trinajstić information content (AvgIpc) is 3.17. The molecule has 0 aliphatic heterocycles. The Kier molecular flexibility index (Phi) is 7.26. The van der Waals surface area contributed by atoms with E-state index in [1.807, 2.05) is 17.6 Å². The van der Waals surface area contributed by atoms with Crippen LogP contribution in [0.3, 0.4) is 0 Å². The van der Waals surface area contributed by atoms with Gasteiger partial charge in [-0.2, -0.15) is 0 Å². The van der Waals surface area contributed by atoms with Crippen LogP contribution in [-0.4, -0.2) is 25.5 Å². The summed E-state index contributed by atoms with van der Waals surface area (Å²) < 4.78 is 1.99. The van der Waals surface area contributed by atoms with Gasteiger partial charge in [0.15, 0.2) is 5.65 Å². The maximum atomic E-state index is 12.5. The molecule has 4 aromatic rings. The molecule has 2 aromatic carbocycles. The van der Waals surface area contributed by atoms with Crippen LogP contribution in [-0.2, 0) is 13.0 Å². The second-order valence-electron chi connectivity index (χ2n) is 8.20. The van der Waals surface area contributed by atoms with E-state index in [2.05, 4.69) is 22.5 Å². The second kappa shape index (κ2) is 10.5. The summed E-state index contributed by atoms with van der Waals surface area (Å²) in [6.45, 7) is 4.40. The monoisotopic (exact) mass is 492 g/mol. The van der Waals surface area contributed by atoms with E-state index in [0.717, 1.165) is 36.2 Å². The molecule has 0 saturated carbocycles. The summed E-state index contributed by atoms with van der Waals surface area (Å²) in [5.74, 6) is 0.851. The van der Waals surface area contributed by atoms with Gasteiger partial charge in [-0.1, -0.05) is 43.1 Å². The third kappa shape index (κ3) is 5.58. The molecule has 9 nitrogen and oxygen atoms in total. The van der Waals surface area contributed by atoms with Crippen molar-refractivity contribution >= 4 is 45.9 Å². The number of rotatable bonds is 8. The normalized spacial score (nSPS) is 10.9. The number of aromatic nitrogens is 3. The van der Waals surface area contributed by atoms with Crippen molar-refractivity contribution < 1.29 is 9.72 Å². The third-order valence-electron chi connectivity index (χ3n) is 5.64. The number of amides is 2. The summed E-state index contributed by atoms with van der Waals surface area (Å²) in [7, 11) is 0. The number of carbonyl (C=O) groups excluding carboxylic acids is 1. The van der Waals surface area contributed by atoms with E-state index in [1.165, 1.54) is 6.07 Å². The number of halogens is 1. The van der Waals surface area contributed by atoms with Crippen LogP contribution < -0.4 is 10.6 Å². The number of hydrogen-bond acceptors (Lipinski definition) is 5. The number of fused-ring (bicyclic) bond motifs is 1. The van der Waals surface area contributed by atoms with E-state index < -0.39 is 11.0 Å². The first kappa shape index (κ1) is 24.2. The number of anilines is 2. The van der Waals surface area contributed by atoms with Crippen molar-refractivity contribution in [1.82, 2.24) is 14.5 Å². The molecular weight excluding hydrogens is 468 g/mol. The van der Waals surface area contributed by atoms with Crippen molar-refractivity contribution in [3.05, 3.63) is 86.8 Å². The van der Waals surface area contributed by atoms with E-state index >= 15 is 0 Å². The van der Waals surface area contributed by atoms with Crippen LogP contribution in [0.15, 0.2) is 54.7 Å². The summed E-state index contributed by atoms with van der Waals surface area (Å²) in [6.07, 6.45) is 4.30. The molecular formula is C25H25ClN6O3. The van der Waals surface area contributed by atoms with E-state index in [-0.39, 0.29) is 5.69 Å². The number of benzene rings is 2. The Labute approximate surface area is 207 Å². The maximum Gasteiger partial charge on any atom is 0.323 e. The van der Waals surface area contributed by atoms with Crippen LogP contribution in [0.25, 0.3) is 11.2 Å². The van der Waals surface area contributed by atoms with Gasteiger partial charge in [-0.15, -0.1) is 0 Å². The van der Waals surface area contributed by atoms with Crippen molar-refractivity contribution in [2.75, 3.05) is 10.6 Å². The maximum absolute atomic E-state index is 12.5. The molecule has 2 amide bonds. The van der Waals surface area contributed by atoms with Crippen LogP contribution in [0, 0.1) is 17.0 Å². The highest BCUT2D eigenvalue weighted by Gasteiger charge is 2.18. The Morgan fingerprint density at radius 1 is 1.17 bits per heavy atom. The molecule has 0 fully saturated rings. The lowest BCUT2D eigenvalue weighted by Crippen LogP contribution is -2.20. The molecule has 10 heteroatoms. The van der Waals surface area contributed by atoms with Crippen molar-refractivity contribution in [2.24, 2.45) is 0 Å². The van der Waals surface area contributed by atoms with E-state index in [4.69, 9.17) is 16.6 Å². The highest BCUT2D eigenvalue weighted by molar-refractivity contribution is 6.30. The number of urea groups is 1. The fourth-order valence-corrected chi connectivity index (χ4v) is 4.03. The lowest BCUT2D eigenvalue weighted by Gasteiger charge is -2.11. The molecule has 180 valence electrons. The van der Waals surface area contributed by atoms with E-state index in [9.17, 15) is 14.9 Å². The molecule has 2 aromatic heterocycles. The molecule has 2 N–H and O–H groups in total. The molecule has 0 radical (unpaired) electrons. The first-order chi connectivity index (χ1) is 16.9. The molecule has 0 saturated heterocycles. The third-order valence-corrected chi connectivity index (χ3v) is 5.88. The van der Waals surface area contributed by atoms with Gasteiger partial charge in [0.25, 0.3) is 5.69 Å².